The van der Waals surface area contributed by atoms with Crippen LogP contribution < -0.4 is 0 Å². The predicted molar refractivity (Wildman–Crippen MR) is 146 cm³/mol. The van der Waals surface area contributed by atoms with E-state index in [1.54, 1.807) is 0 Å². The third kappa shape index (κ3) is 23.9. The van der Waals surface area contributed by atoms with E-state index < -0.39 is 0 Å². The average molecular weight is 530 g/mol. The number of hydrogen-bond acceptors (Lipinski definition) is 1. The van der Waals surface area contributed by atoms with Gasteiger partial charge in [-0.2, -0.15) is 98.5 Å². The molecule has 0 aromatic heterocycles. The second kappa shape index (κ2) is 24.8. The molecule has 0 spiro atoms. The summed E-state index contributed by atoms with van der Waals surface area (Å²) in [5, 5.41) is 0. The Morgan fingerprint density at radius 3 is 0.647 bits per heavy atom. The number of hydrogen-bond donors (Lipinski definition) is 0. The number of rotatable bonds is 2. The van der Waals surface area contributed by atoms with Gasteiger partial charge in [-0.3, -0.25) is 0 Å². The summed E-state index contributed by atoms with van der Waals surface area (Å²) in [5.41, 5.74) is 4.29. The Morgan fingerprint density at radius 2 is 0.588 bits per heavy atom. The molecule has 176 valence electrons. The molecule has 0 aliphatic heterocycles. The largest absolute Gasteiger partial charge is 4.00 e. The summed E-state index contributed by atoms with van der Waals surface area (Å²) in [4.78, 5) is 0. The van der Waals surface area contributed by atoms with Crippen LogP contribution in [0.15, 0.2) is 121 Å². The Balaban J connectivity index is 0. The predicted octanol–water partition coefficient (Wildman–Crippen LogP) is 8.52. The Labute approximate surface area is 228 Å². The van der Waals surface area contributed by atoms with Crippen molar-refractivity contribution < 1.29 is 30.9 Å². The third-order valence-corrected chi connectivity index (χ3v) is 3.78. The van der Waals surface area contributed by atoms with Crippen molar-refractivity contribution >= 4 is 0 Å². The molecule has 4 rings (SSSR count). The van der Waals surface area contributed by atoms with Crippen LogP contribution in [0.25, 0.3) is 0 Å². The third-order valence-electron chi connectivity index (χ3n) is 3.78. The fourth-order valence-corrected chi connectivity index (χ4v) is 2.12. The van der Waals surface area contributed by atoms with E-state index in [2.05, 4.69) is 27.7 Å². The molecule has 0 unspecified atom stereocenters. The zero-order chi connectivity index (χ0) is 24.6. The standard InChI is InChI=1S/4C7H7.C4H10O.Zr/c4*1-7-5-3-2-4-6-7;1-3-5-4-2;/h4*2-6H,1H2;3-4H2,1-2H3;/q4*-1;;+4. The molecule has 0 fully saturated rings. The summed E-state index contributed by atoms with van der Waals surface area (Å²) in [5.74, 6) is 0. The molecule has 4 aromatic rings. The van der Waals surface area contributed by atoms with E-state index in [0.29, 0.717) is 0 Å². The van der Waals surface area contributed by atoms with Gasteiger partial charge in [0.25, 0.3) is 0 Å². The number of benzene rings is 4. The van der Waals surface area contributed by atoms with Crippen LogP contribution in [-0.4, -0.2) is 13.2 Å². The molecule has 0 radical (unpaired) electrons. The van der Waals surface area contributed by atoms with E-state index in [1.807, 2.05) is 135 Å². The van der Waals surface area contributed by atoms with Gasteiger partial charge in [0, 0.05) is 13.2 Å². The molecule has 1 nitrogen and oxygen atoms in total. The fourth-order valence-electron chi connectivity index (χ4n) is 2.12. The summed E-state index contributed by atoms with van der Waals surface area (Å²) in [6.45, 7) is 20.5. The first-order valence-electron chi connectivity index (χ1n) is 11.0. The Morgan fingerprint density at radius 1 is 0.412 bits per heavy atom. The van der Waals surface area contributed by atoms with Gasteiger partial charge in [0.15, 0.2) is 0 Å². The average Bonchev–Trinajstić information content (AvgIpc) is 2.83. The quantitative estimate of drug-likeness (QED) is 0.236. The molecule has 0 aliphatic carbocycles. The Bertz CT molecular complexity index is 727. The summed E-state index contributed by atoms with van der Waals surface area (Å²) >= 11 is 0. The minimum absolute atomic E-state index is 0. The van der Waals surface area contributed by atoms with Gasteiger partial charge in [0.2, 0.25) is 0 Å². The molecule has 0 aliphatic rings. The van der Waals surface area contributed by atoms with E-state index in [9.17, 15) is 0 Å². The van der Waals surface area contributed by atoms with E-state index in [1.165, 1.54) is 0 Å². The Hall–Kier alpha value is -2.80. The minimum atomic E-state index is 0. The van der Waals surface area contributed by atoms with Crippen LogP contribution in [0.1, 0.15) is 36.1 Å². The van der Waals surface area contributed by atoms with E-state index in [-0.39, 0.29) is 26.2 Å². The van der Waals surface area contributed by atoms with Gasteiger partial charge in [-0.1, -0.05) is 24.3 Å². The molecule has 0 amide bonds. The molecule has 0 N–H and O–H groups in total. The molecule has 0 atom stereocenters. The molecule has 0 heterocycles. The van der Waals surface area contributed by atoms with Gasteiger partial charge in [0.05, 0.1) is 0 Å². The van der Waals surface area contributed by atoms with Crippen molar-refractivity contribution in [1.29, 1.82) is 0 Å². The van der Waals surface area contributed by atoms with Crippen molar-refractivity contribution in [2.24, 2.45) is 0 Å². The van der Waals surface area contributed by atoms with Crippen molar-refractivity contribution in [3.05, 3.63) is 171 Å². The maximum absolute atomic E-state index is 4.83. The topological polar surface area (TPSA) is 9.23 Å². The molecule has 34 heavy (non-hydrogen) atoms. The van der Waals surface area contributed by atoms with Crippen molar-refractivity contribution in [1.82, 2.24) is 0 Å². The van der Waals surface area contributed by atoms with Crippen molar-refractivity contribution in [3.63, 3.8) is 0 Å². The molecule has 0 saturated heterocycles. The monoisotopic (exact) mass is 528 g/mol. The zero-order valence-corrected chi connectivity index (χ0v) is 23.2. The zero-order valence-electron chi connectivity index (χ0n) is 20.7. The maximum Gasteiger partial charge on any atom is 4.00 e. The fraction of sp³-hybridized carbons (Fsp3) is 0.125. The molecular weight excluding hydrogens is 492 g/mol. The van der Waals surface area contributed by atoms with Crippen LogP contribution in [0.3, 0.4) is 0 Å². The molecule has 2 heteroatoms. The van der Waals surface area contributed by atoms with Crippen LogP contribution in [0.4, 0.5) is 0 Å². The SMILES string of the molecule is CCOCC.[CH2-]c1ccccc1.[CH2-]c1ccccc1.[CH2-]c1ccccc1.[CH2-]c1ccccc1.[Zr+4]. The summed E-state index contributed by atoms with van der Waals surface area (Å²) in [7, 11) is 0. The van der Waals surface area contributed by atoms with Gasteiger partial charge in [-0.25, -0.2) is 0 Å². The van der Waals surface area contributed by atoms with Crippen LogP contribution in [0.5, 0.6) is 0 Å². The molecule has 4 aromatic carbocycles. The van der Waals surface area contributed by atoms with Crippen molar-refractivity contribution in [2.45, 2.75) is 13.8 Å². The first-order chi connectivity index (χ1) is 16.0. The normalized spacial score (nSPS) is 8.29. The molecule has 0 saturated carbocycles. The van der Waals surface area contributed by atoms with Gasteiger partial charge in [0.1, 0.15) is 0 Å². The molecular formula is C32H38OZr. The van der Waals surface area contributed by atoms with Gasteiger partial charge >= 0.3 is 26.2 Å². The summed E-state index contributed by atoms with van der Waals surface area (Å²) < 4.78 is 4.83. The van der Waals surface area contributed by atoms with Gasteiger partial charge in [-0.15, -0.1) is 48.5 Å². The van der Waals surface area contributed by atoms with Crippen LogP contribution in [0, 0.1) is 27.7 Å². The van der Waals surface area contributed by atoms with Crippen molar-refractivity contribution in [3.8, 4) is 0 Å². The first-order valence-corrected chi connectivity index (χ1v) is 11.0. The van der Waals surface area contributed by atoms with Crippen LogP contribution in [-0.2, 0) is 30.9 Å². The summed E-state index contributed by atoms with van der Waals surface area (Å²) in [6.07, 6.45) is 0. The van der Waals surface area contributed by atoms with Crippen LogP contribution >= 0.6 is 0 Å². The van der Waals surface area contributed by atoms with Crippen LogP contribution in [0.2, 0.25) is 0 Å². The maximum atomic E-state index is 4.83. The first kappa shape index (κ1) is 33.4. The number of ether oxygens (including phenoxy) is 1. The van der Waals surface area contributed by atoms with Crippen molar-refractivity contribution in [2.75, 3.05) is 13.2 Å². The van der Waals surface area contributed by atoms with E-state index in [0.717, 1.165) is 35.5 Å². The molecule has 0 bridgehead atoms. The van der Waals surface area contributed by atoms with E-state index in [4.69, 9.17) is 4.74 Å². The summed E-state index contributed by atoms with van der Waals surface area (Å²) in [6, 6.07) is 39.5. The second-order valence-electron chi connectivity index (χ2n) is 6.72. The Kier molecular flexibility index (Phi) is 24.4. The van der Waals surface area contributed by atoms with Gasteiger partial charge < -0.3 is 4.74 Å². The minimum Gasteiger partial charge on any atom is -0.382 e. The second-order valence-corrected chi connectivity index (χ2v) is 6.72. The van der Waals surface area contributed by atoms with E-state index >= 15 is 0 Å². The smallest absolute Gasteiger partial charge is 0.382 e. The van der Waals surface area contributed by atoms with Gasteiger partial charge in [-0.05, 0) is 13.8 Å².